The van der Waals surface area contributed by atoms with E-state index in [0.717, 1.165) is 6.07 Å². The molecule has 0 saturated heterocycles. The molecule has 0 saturated carbocycles. The van der Waals surface area contributed by atoms with Crippen molar-refractivity contribution in [1.29, 1.82) is 0 Å². The second-order valence-corrected chi connectivity index (χ2v) is 4.58. The van der Waals surface area contributed by atoms with Crippen molar-refractivity contribution in [2.24, 2.45) is 0 Å². The predicted molar refractivity (Wildman–Crippen MR) is 68.4 cm³/mol. The van der Waals surface area contributed by atoms with Crippen molar-refractivity contribution in [2.45, 2.75) is 18.5 Å². The zero-order valence-electron chi connectivity index (χ0n) is 11.3. The summed E-state index contributed by atoms with van der Waals surface area (Å²) in [6, 6.07) is 10.9. The lowest BCUT2D eigenvalue weighted by atomic mass is 10.1. The van der Waals surface area contributed by atoms with Gasteiger partial charge in [-0.3, -0.25) is 0 Å². The zero-order chi connectivity index (χ0) is 17.3. The van der Waals surface area contributed by atoms with Crippen LogP contribution in [0.15, 0.2) is 48.5 Å². The summed E-state index contributed by atoms with van der Waals surface area (Å²) in [6.07, 6.45) is -15.6. The molecule has 2 rings (SSSR count). The molecule has 0 aliphatic rings. The van der Waals surface area contributed by atoms with Crippen LogP contribution < -0.4 is 4.74 Å². The first-order valence-corrected chi connectivity index (χ1v) is 6.24. The second kappa shape index (κ2) is 6.10. The normalized spacial score (nSPS) is 13.7. The summed E-state index contributed by atoms with van der Waals surface area (Å²) >= 11 is 0. The maximum atomic E-state index is 13.8. The molecule has 0 heterocycles. The van der Waals surface area contributed by atoms with Crippen LogP contribution in [0.2, 0.25) is 0 Å². The van der Waals surface area contributed by atoms with Gasteiger partial charge in [0.05, 0.1) is 0 Å². The van der Waals surface area contributed by atoms with E-state index in [4.69, 9.17) is 0 Å². The minimum atomic E-state index is -5.83. The summed E-state index contributed by atoms with van der Waals surface area (Å²) in [5.74, 6) is -2.51. The number of hydrogen-bond donors (Lipinski definition) is 0. The first kappa shape index (κ1) is 17.1. The predicted octanol–water partition coefficient (Wildman–Crippen LogP) is 5.36. The lowest BCUT2D eigenvalue weighted by Gasteiger charge is -2.23. The highest BCUT2D eigenvalue weighted by Crippen LogP contribution is 2.37. The summed E-state index contributed by atoms with van der Waals surface area (Å²) in [4.78, 5) is 0. The molecular formula is C15H9F7O. The molecule has 0 spiro atoms. The molecule has 1 nitrogen and oxygen atoms in total. The summed E-state index contributed by atoms with van der Waals surface area (Å²) in [5, 5.41) is 0. The Hall–Kier alpha value is -2.25. The smallest absolute Gasteiger partial charge is 0.427 e. The Balaban J connectivity index is 2.25. The third kappa shape index (κ3) is 3.94. The van der Waals surface area contributed by atoms with Crippen LogP contribution in [0.1, 0.15) is 0 Å². The zero-order valence-corrected chi connectivity index (χ0v) is 11.3. The van der Waals surface area contributed by atoms with Crippen molar-refractivity contribution in [3.05, 3.63) is 54.3 Å². The van der Waals surface area contributed by atoms with Crippen molar-refractivity contribution in [2.75, 3.05) is 0 Å². The van der Waals surface area contributed by atoms with Crippen molar-refractivity contribution in [1.82, 2.24) is 0 Å². The van der Waals surface area contributed by atoms with E-state index in [1.807, 2.05) is 0 Å². The molecule has 0 bridgehead atoms. The quantitative estimate of drug-likeness (QED) is 0.682. The Kier molecular flexibility index (Phi) is 4.53. The van der Waals surface area contributed by atoms with E-state index in [1.54, 1.807) is 30.3 Å². The summed E-state index contributed by atoms with van der Waals surface area (Å²) in [7, 11) is 0. The van der Waals surface area contributed by atoms with Gasteiger partial charge in [0.2, 0.25) is 0 Å². The average Bonchev–Trinajstić information content (AvgIpc) is 2.48. The minimum absolute atomic E-state index is 0.298. The number of hydrogen-bond acceptors (Lipinski definition) is 1. The van der Waals surface area contributed by atoms with E-state index in [2.05, 4.69) is 4.74 Å². The van der Waals surface area contributed by atoms with Crippen LogP contribution in [0, 0.1) is 5.82 Å². The Morgan fingerprint density at radius 2 is 1.43 bits per heavy atom. The summed E-state index contributed by atoms with van der Waals surface area (Å²) in [6.45, 7) is 0. The average molecular weight is 338 g/mol. The third-order valence-electron chi connectivity index (χ3n) is 2.87. The Labute approximate surface area is 126 Å². The molecule has 0 radical (unpaired) electrons. The molecule has 0 aliphatic carbocycles. The van der Waals surface area contributed by atoms with Gasteiger partial charge in [-0.15, -0.1) is 0 Å². The van der Waals surface area contributed by atoms with Gasteiger partial charge in [0.25, 0.3) is 6.17 Å². The SMILES string of the molecule is Fc1cc(-c2ccccc2)ccc1OC(F)(F)C(F)C(F)(F)F. The Bertz CT molecular complexity index is 667. The van der Waals surface area contributed by atoms with Crippen molar-refractivity contribution >= 4 is 0 Å². The lowest BCUT2D eigenvalue weighted by molar-refractivity contribution is -0.305. The van der Waals surface area contributed by atoms with Gasteiger partial charge in [0, 0.05) is 0 Å². The van der Waals surface area contributed by atoms with E-state index < -0.39 is 30.0 Å². The molecule has 0 aliphatic heterocycles. The molecule has 0 fully saturated rings. The number of halogens is 7. The highest BCUT2D eigenvalue weighted by molar-refractivity contribution is 5.64. The maximum Gasteiger partial charge on any atom is 0.439 e. The first-order chi connectivity index (χ1) is 10.6. The van der Waals surface area contributed by atoms with E-state index in [-0.39, 0.29) is 0 Å². The summed E-state index contributed by atoms with van der Waals surface area (Å²) < 4.78 is 92.4. The molecule has 8 heteroatoms. The van der Waals surface area contributed by atoms with E-state index in [0.29, 0.717) is 17.2 Å². The molecule has 124 valence electrons. The lowest BCUT2D eigenvalue weighted by Crippen LogP contribution is -2.45. The number of alkyl halides is 6. The maximum absolute atomic E-state index is 13.8. The molecule has 23 heavy (non-hydrogen) atoms. The van der Waals surface area contributed by atoms with Crippen LogP contribution in [-0.2, 0) is 0 Å². The molecule has 0 N–H and O–H groups in total. The minimum Gasteiger partial charge on any atom is -0.427 e. The fraction of sp³-hybridized carbons (Fsp3) is 0.200. The van der Waals surface area contributed by atoms with Gasteiger partial charge in [-0.2, -0.15) is 22.0 Å². The van der Waals surface area contributed by atoms with Crippen molar-refractivity contribution in [3.63, 3.8) is 0 Å². The molecule has 0 aromatic heterocycles. The van der Waals surface area contributed by atoms with Crippen LogP contribution in [0.4, 0.5) is 30.7 Å². The van der Waals surface area contributed by atoms with Gasteiger partial charge in [0.15, 0.2) is 11.6 Å². The number of benzene rings is 2. The molecule has 2 aromatic carbocycles. The number of rotatable bonds is 4. The molecule has 2 aromatic rings. The topological polar surface area (TPSA) is 9.23 Å². The fourth-order valence-corrected chi connectivity index (χ4v) is 1.78. The van der Waals surface area contributed by atoms with E-state index >= 15 is 0 Å². The molecule has 1 unspecified atom stereocenters. The van der Waals surface area contributed by atoms with Crippen LogP contribution in [0.5, 0.6) is 5.75 Å². The fourth-order valence-electron chi connectivity index (χ4n) is 1.78. The second-order valence-electron chi connectivity index (χ2n) is 4.58. The highest BCUT2D eigenvalue weighted by Gasteiger charge is 2.59. The van der Waals surface area contributed by atoms with Gasteiger partial charge < -0.3 is 4.74 Å². The van der Waals surface area contributed by atoms with Gasteiger partial charge in [0.1, 0.15) is 0 Å². The number of ether oxygens (including phenoxy) is 1. The highest BCUT2D eigenvalue weighted by atomic mass is 19.4. The summed E-state index contributed by atoms with van der Waals surface area (Å²) in [5.41, 5.74) is 0.856. The van der Waals surface area contributed by atoms with Gasteiger partial charge >= 0.3 is 12.3 Å². The Morgan fingerprint density at radius 1 is 0.826 bits per heavy atom. The third-order valence-corrected chi connectivity index (χ3v) is 2.87. The first-order valence-electron chi connectivity index (χ1n) is 6.24. The molecular weight excluding hydrogens is 329 g/mol. The van der Waals surface area contributed by atoms with Gasteiger partial charge in [-0.25, -0.2) is 8.78 Å². The van der Waals surface area contributed by atoms with Gasteiger partial charge in [-0.1, -0.05) is 36.4 Å². The molecule has 0 amide bonds. The van der Waals surface area contributed by atoms with Crippen LogP contribution >= 0.6 is 0 Å². The van der Waals surface area contributed by atoms with Crippen molar-refractivity contribution in [3.8, 4) is 16.9 Å². The van der Waals surface area contributed by atoms with Gasteiger partial charge in [-0.05, 0) is 23.3 Å². The Morgan fingerprint density at radius 3 is 1.96 bits per heavy atom. The standard InChI is InChI=1S/C15H9F7O/c16-11-8-10(9-4-2-1-3-5-9)6-7-12(11)23-15(21,22)13(17)14(18,19)20/h1-8,13H. The molecule has 1 atom stereocenters. The van der Waals surface area contributed by atoms with Crippen LogP contribution in [0.25, 0.3) is 11.1 Å². The van der Waals surface area contributed by atoms with Crippen LogP contribution in [0.3, 0.4) is 0 Å². The van der Waals surface area contributed by atoms with Crippen molar-refractivity contribution < 1.29 is 35.5 Å². The largest absolute Gasteiger partial charge is 0.439 e. The monoisotopic (exact) mass is 338 g/mol. The van der Waals surface area contributed by atoms with Crippen LogP contribution in [-0.4, -0.2) is 18.5 Å². The van der Waals surface area contributed by atoms with E-state index in [9.17, 15) is 30.7 Å². The van der Waals surface area contributed by atoms with E-state index in [1.165, 1.54) is 6.07 Å².